The Morgan fingerprint density at radius 1 is 1.42 bits per heavy atom. The fourth-order valence-corrected chi connectivity index (χ4v) is 2.07. The molecule has 0 saturated carbocycles. The monoisotopic (exact) mass is 279 g/mol. The molecule has 1 aromatic carbocycles. The lowest BCUT2D eigenvalue weighted by atomic mass is 10.1. The highest BCUT2D eigenvalue weighted by Gasteiger charge is 2.18. The number of amides is 2. The fourth-order valence-electron chi connectivity index (χ4n) is 1.90. The lowest BCUT2D eigenvalue weighted by molar-refractivity contribution is 0.202. The predicted molar refractivity (Wildman–Crippen MR) is 77.4 cm³/mol. The van der Waals surface area contributed by atoms with E-state index in [1.807, 2.05) is 24.3 Å². The second kappa shape index (κ2) is 6.38. The van der Waals surface area contributed by atoms with Gasteiger partial charge >= 0.3 is 6.03 Å². The van der Waals surface area contributed by atoms with Gasteiger partial charge in [-0.3, -0.25) is 0 Å². The Labute approximate surface area is 117 Å². The smallest absolute Gasteiger partial charge is 0.317 e. The van der Waals surface area contributed by atoms with Crippen LogP contribution in [0.3, 0.4) is 0 Å². The van der Waals surface area contributed by atoms with Crippen molar-refractivity contribution < 1.29 is 9.53 Å². The number of benzene rings is 1. The van der Waals surface area contributed by atoms with E-state index < -0.39 is 0 Å². The molecule has 0 unspecified atom stereocenters. The van der Waals surface area contributed by atoms with Gasteiger partial charge in [0.15, 0.2) is 0 Å². The molecule has 0 atom stereocenters. The summed E-state index contributed by atoms with van der Waals surface area (Å²) >= 11 is 4.86. The van der Waals surface area contributed by atoms with Crippen LogP contribution in [0.5, 0.6) is 5.75 Å². The molecule has 1 aliphatic rings. The van der Waals surface area contributed by atoms with Gasteiger partial charge in [0.05, 0.1) is 11.5 Å². The Morgan fingerprint density at radius 3 is 2.74 bits per heavy atom. The van der Waals surface area contributed by atoms with Gasteiger partial charge in [-0.1, -0.05) is 24.4 Å². The highest BCUT2D eigenvalue weighted by Crippen LogP contribution is 2.12. The number of urea groups is 1. The van der Waals surface area contributed by atoms with Gasteiger partial charge in [0.25, 0.3) is 0 Å². The van der Waals surface area contributed by atoms with Crippen molar-refractivity contribution in [2.24, 2.45) is 5.73 Å². The molecule has 1 heterocycles. The summed E-state index contributed by atoms with van der Waals surface area (Å²) in [7, 11) is 0. The predicted octanol–water partition coefficient (Wildman–Crippen LogP) is 0.919. The third-order valence-corrected chi connectivity index (χ3v) is 3.02. The van der Waals surface area contributed by atoms with Crippen LogP contribution in [-0.2, 0) is 6.42 Å². The summed E-state index contributed by atoms with van der Waals surface area (Å²) in [5, 5.41) is 2.75. The van der Waals surface area contributed by atoms with Crippen molar-refractivity contribution in [1.29, 1.82) is 0 Å². The maximum absolute atomic E-state index is 11.3. The first kappa shape index (κ1) is 13.6. The number of ether oxygens (including phenoxy) is 1. The SMILES string of the molecule is NC(=S)Cc1ccc(OCCN2CCNC2=O)cc1. The minimum atomic E-state index is -0.0181. The van der Waals surface area contributed by atoms with E-state index in [0.717, 1.165) is 17.9 Å². The molecule has 1 saturated heterocycles. The molecule has 3 N–H and O–H groups in total. The number of carbonyl (C=O) groups excluding carboxylic acids is 1. The van der Waals surface area contributed by atoms with Crippen molar-refractivity contribution in [3.8, 4) is 5.75 Å². The average molecular weight is 279 g/mol. The third-order valence-electron chi connectivity index (χ3n) is 2.88. The van der Waals surface area contributed by atoms with Gasteiger partial charge in [-0.15, -0.1) is 0 Å². The zero-order chi connectivity index (χ0) is 13.7. The number of hydrogen-bond donors (Lipinski definition) is 2. The van der Waals surface area contributed by atoms with Crippen molar-refractivity contribution in [2.45, 2.75) is 6.42 Å². The van der Waals surface area contributed by atoms with E-state index in [1.165, 1.54) is 0 Å². The van der Waals surface area contributed by atoms with Crippen molar-refractivity contribution in [2.75, 3.05) is 26.2 Å². The molecular formula is C13H17N3O2S. The Hall–Kier alpha value is -1.82. The highest BCUT2D eigenvalue weighted by molar-refractivity contribution is 7.80. The lowest BCUT2D eigenvalue weighted by Crippen LogP contribution is -2.31. The third kappa shape index (κ3) is 4.10. The summed E-state index contributed by atoms with van der Waals surface area (Å²) in [4.78, 5) is 13.5. The van der Waals surface area contributed by atoms with Gasteiger partial charge in [-0.05, 0) is 17.7 Å². The van der Waals surface area contributed by atoms with Gasteiger partial charge in [0.2, 0.25) is 0 Å². The summed E-state index contributed by atoms with van der Waals surface area (Å²) in [5.41, 5.74) is 6.55. The zero-order valence-electron chi connectivity index (χ0n) is 10.6. The summed E-state index contributed by atoms with van der Waals surface area (Å²) in [6.45, 7) is 2.55. The van der Waals surface area contributed by atoms with Crippen LogP contribution in [0.1, 0.15) is 5.56 Å². The molecule has 1 aliphatic heterocycles. The van der Waals surface area contributed by atoms with E-state index in [9.17, 15) is 4.79 Å². The highest BCUT2D eigenvalue weighted by atomic mass is 32.1. The van der Waals surface area contributed by atoms with Crippen LogP contribution >= 0.6 is 12.2 Å². The topological polar surface area (TPSA) is 67.6 Å². The number of nitrogens with two attached hydrogens (primary N) is 1. The first-order valence-corrected chi connectivity index (χ1v) is 6.59. The number of nitrogens with zero attached hydrogens (tertiary/aromatic N) is 1. The van der Waals surface area contributed by atoms with Crippen LogP contribution in [0, 0.1) is 0 Å². The summed E-state index contributed by atoms with van der Waals surface area (Å²) < 4.78 is 5.59. The average Bonchev–Trinajstić information content (AvgIpc) is 2.77. The van der Waals surface area contributed by atoms with Gasteiger partial charge in [-0.25, -0.2) is 4.79 Å². The quantitative estimate of drug-likeness (QED) is 0.760. The molecule has 102 valence electrons. The van der Waals surface area contributed by atoms with Crippen LogP contribution in [0.25, 0.3) is 0 Å². The maximum Gasteiger partial charge on any atom is 0.317 e. The molecule has 5 nitrogen and oxygen atoms in total. The Kier molecular flexibility index (Phi) is 4.57. The van der Waals surface area contributed by atoms with Crippen molar-refractivity contribution >= 4 is 23.2 Å². The number of thiocarbonyl (C=S) groups is 1. The molecule has 0 aromatic heterocycles. The molecule has 0 radical (unpaired) electrons. The molecule has 0 bridgehead atoms. The summed E-state index contributed by atoms with van der Waals surface area (Å²) in [5.74, 6) is 0.784. The molecule has 6 heteroatoms. The van der Waals surface area contributed by atoms with Crippen molar-refractivity contribution in [3.63, 3.8) is 0 Å². The van der Waals surface area contributed by atoms with Crippen LogP contribution in [0.2, 0.25) is 0 Å². The molecule has 0 aliphatic carbocycles. The van der Waals surface area contributed by atoms with E-state index in [-0.39, 0.29) is 6.03 Å². The van der Waals surface area contributed by atoms with Crippen LogP contribution in [0.4, 0.5) is 4.79 Å². The Bertz CT molecular complexity index is 461. The van der Waals surface area contributed by atoms with Crippen LogP contribution in [0.15, 0.2) is 24.3 Å². The van der Waals surface area contributed by atoms with E-state index in [0.29, 0.717) is 31.1 Å². The van der Waals surface area contributed by atoms with Gasteiger partial charge in [0.1, 0.15) is 12.4 Å². The molecular weight excluding hydrogens is 262 g/mol. The Morgan fingerprint density at radius 2 is 2.16 bits per heavy atom. The fraction of sp³-hybridized carbons (Fsp3) is 0.385. The molecule has 1 aromatic rings. The van der Waals surface area contributed by atoms with E-state index >= 15 is 0 Å². The van der Waals surface area contributed by atoms with E-state index in [1.54, 1.807) is 4.90 Å². The minimum absolute atomic E-state index is 0.0181. The molecule has 2 amide bonds. The van der Waals surface area contributed by atoms with Crippen LogP contribution < -0.4 is 15.8 Å². The van der Waals surface area contributed by atoms with Gasteiger partial charge in [0, 0.05) is 19.5 Å². The maximum atomic E-state index is 11.3. The number of hydrogen-bond acceptors (Lipinski definition) is 3. The molecule has 1 fully saturated rings. The van der Waals surface area contributed by atoms with E-state index in [4.69, 9.17) is 22.7 Å². The number of nitrogens with one attached hydrogen (secondary N) is 1. The second-order valence-corrected chi connectivity index (χ2v) is 4.88. The lowest BCUT2D eigenvalue weighted by Gasteiger charge is -2.14. The van der Waals surface area contributed by atoms with Gasteiger partial charge in [-0.2, -0.15) is 0 Å². The summed E-state index contributed by atoms with van der Waals surface area (Å²) in [6.07, 6.45) is 0.601. The molecule has 19 heavy (non-hydrogen) atoms. The normalized spacial score (nSPS) is 14.3. The van der Waals surface area contributed by atoms with E-state index in [2.05, 4.69) is 5.32 Å². The Balaban J connectivity index is 1.76. The number of rotatable bonds is 6. The summed E-state index contributed by atoms with van der Waals surface area (Å²) in [6, 6.07) is 7.64. The zero-order valence-corrected chi connectivity index (χ0v) is 11.4. The minimum Gasteiger partial charge on any atom is -0.492 e. The van der Waals surface area contributed by atoms with Gasteiger partial charge < -0.3 is 20.7 Å². The molecule has 2 rings (SSSR count). The largest absolute Gasteiger partial charge is 0.492 e. The first-order chi connectivity index (χ1) is 9.15. The molecule has 0 spiro atoms. The standard InChI is InChI=1S/C13H17N3O2S/c14-12(19)9-10-1-3-11(4-2-10)18-8-7-16-6-5-15-13(16)17/h1-4H,5-9H2,(H2,14,19)(H,15,17). The van der Waals surface area contributed by atoms with Crippen molar-refractivity contribution in [1.82, 2.24) is 10.2 Å². The second-order valence-electron chi connectivity index (χ2n) is 4.35. The van der Waals surface area contributed by atoms with Crippen LogP contribution in [-0.4, -0.2) is 42.2 Å². The number of carbonyl (C=O) groups is 1. The van der Waals surface area contributed by atoms with Crippen molar-refractivity contribution in [3.05, 3.63) is 29.8 Å². The first-order valence-electron chi connectivity index (χ1n) is 6.18.